The molecule has 1 spiro atoms. The van der Waals surface area contributed by atoms with E-state index in [1.807, 2.05) is 0 Å². The van der Waals surface area contributed by atoms with Gasteiger partial charge in [0.25, 0.3) is 0 Å². The van der Waals surface area contributed by atoms with Crippen LogP contribution in [0.2, 0.25) is 0 Å². The number of aliphatic imine (C=N–C) groups is 1. The molecule has 25 heavy (non-hydrogen) atoms. The number of nitrogens with zero attached hydrogens (tertiary/aromatic N) is 3. The van der Waals surface area contributed by atoms with Gasteiger partial charge in [-0.2, -0.15) is 0 Å². The van der Waals surface area contributed by atoms with Gasteiger partial charge in [0, 0.05) is 43.9 Å². The van der Waals surface area contributed by atoms with Crippen LogP contribution in [-0.2, 0) is 16.8 Å². The second kappa shape index (κ2) is 6.69. The minimum absolute atomic E-state index is 0.0474. The summed E-state index contributed by atoms with van der Waals surface area (Å²) in [7, 11) is 1.79. The molecule has 7 heteroatoms. The van der Waals surface area contributed by atoms with Gasteiger partial charge in [-0.1, -0.05) is 20.8 Å². The van der Waals surface area contributed by atoms with E-state index in [4.69, 9.17) is 4.42 Å². The molecule has 0 radical (unpaired) electrons. The summed E-state index contributed by atoms with van der Waals surface area (Å²) in [5.41, 5.74) is 0.00345. The number of oxazole rings is 1. The summed E-state index contributed by atoms with van der Waals surface area (Å²) in [5.74, 6) is 2.55. The third kappa shape index (κ3) is 3.96. The third-order valence-corrected chi connectivity index (χ3v) is 5.06. The van der Waals surface area contributed by atoms with E-state index in [-0.39, 0.29) is 16.7 Å². The predicted octanol–water partition coefficient (Wildman–Crippen LogP) is 1.65. The molecule has 2 aliphatic rings. The zero-order valence-electron chi connectivity index (χ0n) is 15.7. The van der Waals surface area contributed by atoms with Crippen molar-refractivity contribution in [3.63, 3.8) is 0 Å². The minimum Gasteiger partial charge on any atom is -0.443 e. The Balaban J connectivity index is 1.61. The lowest BCUT2D eigenvalue weighted by Gasteiger charge is -2.40. The molecule has 0 aromatic carbocycles. The summed E-state index contributed by atoms with van der Waals surface area (Å²) >= 11 is 0. The number of amides is 1. The van der Waals surface area contributed by atoms with Crippen LogP contribution < -0.4 is 10.6 Å². The second-order valence-electron chi connectivity index (χ2n) is 8.25. The normalized spacial score (nSPS) is 24.7. The van der Waals surface area contributed by atoms with Gasteiger partial charge in [-0.05, 0) is 12.8 Å². The second-order valence-corrected chi connectivity index (χ2v) is 8.25. The Morgan fingerprint density at radius 1 is 1.52 bits per heavy atom. The largest absolute Gasteiger partial charge is 0.443 e. The number of nitrogens with one attached hydrogen (secondary N) is 2. The van der Waals surface area contributed by atoms with Crippen LogP contribution in [0.4, 0.5) is 0 Å². The Kier molecular flexibility index (Phi) is 4.75. The van der Waals surface area contributed by atoms with Gasteiger partial charge >= 0.3 is 0 Å². The predicted molar refractivity (Wildman–Crippen MR) is 96.3 cm³/mol. The van der Waals surface area contributed by atoms with Gasteiger partial charge in [-0.25, -0.2) is 4.98 Å². The number of guanidine groups is 1. The van der Waals surface area contributed by atoms with E-state index in [0.717, 1.165) is 44.2 Å². The van der Waals surface area contributed by atoms with Crippen LogP contribution in [0.15, 0.2) is 15.6 Å². The first-order chi connectivity index (χ1) is 11.8. The van der Waals surface area contributed by atoms with Gasteiger partial charge in [0.05, 0.1) is 12.7 Å². The maximum Gasteiger partial charge on any atom is 0.220 e. The van der Waals surface area contributed by atoms with Gasteiger partial charge in [-0.15, -0.1) is 0 Å². The number of carbonyl (C=O) groups excluding carboxylic acids is 1. The molecule has 3 rings (SSSR count). The van der Waals surface area contributed by atoms with Crippen LogP contribution in [-0.4, -0.2) is 48.4 Å². The van der Waals surface area contributed by atoms with E-state index in [1.165, 1.54) is 0 Å². The SMILES string of the molecule is CN=C(NCc1ncc(C(C)(C)C)o1)N1CCCC2(CNC(=O)C2)C1. The van der Waals surface area contributed by atoms with E-state index in [0.29, 0.717) is 18.9 Å². The summed E-state index contributed by atoms with van der Waals surface area (Å²) in [4.78, 5) is 22.7. The summed E-state index contributed by atoms with van der Waals surface area (Å²) in [6, 6.07) is 0. The number of piperidine rings is 1. The Labute approximate surface area is 149 Å². The lowest BCUT2D eigenvalue weighted by molar-refractivity contribution is -0.119. The van der Waals surface area contributed by atoms with Crippen molar-refractivity contribution in [1.82, 2.24) is 20.5 Å². The standard InChI is InChI=1S/C18H29N5O2/c1-17(2,3)13-9-20-15(25-13)10-21-16(19-4)23-7-5-6-18(12-23)8-14(24)22-11-18/h9H,5-8,10-12H2,1-4H3,(H,19,21)(H,22,24). The van der Waals surface area contributed by atoms with Gasteiger partial charge in [0.2, 0.25) is 11.8 Å². The molecule has 7 nitrogen and oxygen atoms in total. The summed E-state index contributed by atoms with van der Waals surface area (Å²) in [6.45, 7) is 9.39. The molecule has 2 aliphatic heterocycles. The molecule has 0 aliphatic carbocycles. The average Bonchev–Trinajstić information content (AvgIpc) is 3.15. The first kappa shape index (κ1) is 17.8. The average molecular weight is 347 g/mol. The van der Waals surface area contributed by atoms with E-state index >= 15 is 0 Å². The van der Waals surface area contributed by atoms with Crippen LogP contribution >= 0.6 is 0 Å². The fourth-order valence-electron chi connectivity index (χ4n) is 3.65. The Hall–Kier alpha value is -2.05. The highest BCUT2D eigenvalue weighted by atomic mass is 16.4. The maximum absolute atomic E-state index is 11.7. The van der Waals surface area contributed by atoms with Gasteiger partial charge in [0.15, 0.2) is 5.96 Å². The highest BCUT2D eigenvalue weighted by molar-refractivity contribution is 5.81. The van der Waals surface area contributed by atoms with E-state index in [2.05, 4.69) is 46.3 Å². The Morgan fingerprint density at radius 3 is 2.92 bits per heavy atom. The van der Waals surface area contributed by atoms with Crippen molar-refractivity contribution >= 4 is 11.9 Å². The summed E-state index contributed by atoms with van der Waals surface area (Å²) in [5, 5.41) is 6.33. The van der Waals surface area contributed by atoms with Crippen molar-refractivity contribution in [2.45, 2.75) is 52.0 Å². The summed E-state index contributed by atoms with van der Waals surface area (Å²) in [6.07, 6.45) is 4.58. The van der Waals surface area contributed by atoms with E-state index < -0.39 is 0 Å². The van der Waals surface area contributed by atoms with Gasteiger partial charge in [0.1, 0.15) is 5.76 Å². The fourth-order valence-corrected chi connectivity index (χ4v) is 3.65. The van der Waals surface area contributed by atoms with E-state index in [1.54, 1.807) is 13.2 Å². The molecular formula is C18H29N5O2. The lowest BCUT2D eigenvalue weighted by atomic mass is 9.79. The maximum atomic E-state index is 11.7. The number of likely N-dealkylation sites (tertiary alicyclic amines) is 1. The molecule has 2 saturated heterocycles. The zero-order valence-corrected chi connectivity index (χ0v) is 15.7. The molecular weight excluding hydrogens is 318 g/mol. The number of carbonyl (C=O) groups is 1. The Bertz CT molecular complexity index is 661. The quantitative estimate of drug-likeness (QED) is 0.628. The molecule has 2 N–H and O–H groups in total. The fraction of sp³-hybridized carbons (Fsp3) is 0.722. The first-order valence-corrected chi connectivity index (χ1v) is 8.99. The topological polar surface area (TPSA) is 82.8 Å². The van der Waals surface area contributed by atoms with Crippen molar-refractivity contribution in [2.75, 3.05) is 26.7 Å². The van der Waals surface area contributed by atoms with Crippen LogP contribution in [0.25, 0.3) is 0 Å². The van der Waals surface area contributed by atoms with Crippen molar-refractivity contribution in [3.05, 3.63) is 17.8 Å². The van der Waals surface area contributed by atoms with Gasteiger partial charge in [-0.3, -0.25) is 9.79 Å². The molecule has 1 amide bonds. The number of hydrogen-bond acceptors (Lipinski definition) is 4. The molecule has 1 aromatic heterocycles. The van der Waals surface area contributed by atoms with Crippen molar-refractivity contribution < 1.29 is 9.21 Å². The minimum atomic E-state index is -0.0474. The van der Waals surface area contributed by atoms with Crippen LogP contribution in [0.5, 0.6) is 0 Å². The molecule has 1 aromatic rings. The van der Waals surface area contributed by atoms with Crippen LogP contribution in [0, 0.1) is 5.41 Å². The first-order valence-electron chi connectivity index (χ1n) is 8.99. The molecule has 0 saturated carbocycles. The van der Waals surface area contributed by atoms with Crippen LogP contribution in [0.1, 0.15) is 51.7 Å². The summed E-state index contributed by atoms with van der Waals surface area (Å²) < 4.78 is 5.84. The molecule has 138 valence electrons. The number of aromatic nitrogens is 1. The van der Waals surface area contributed by atoms with Crippen LogP contribution in [0.3, 0.4) is 0 Å². The highest BCUT2D eigenvalue weighted by Crippen LogP contribution is 2.36. The van der Waals surface area contributed by atoms with E-state index in [9.17, 15) is 4.79 Å². The van der Waals surface area contributed by atoms with Gasteiger partial charge < -0.3 is 20.0 Å². The van der Waals surface area contributed by atoms with Crippen molar-refractivity contribution in [3.8, 4) is 0 Å². The monoisotopic (exact) mass is 347 g/mol. The smallest absolute Gasteiger partial charge is 0.220 e. The van der Waals surface area contributed by atoms with Crippen molar-refractivity contribution in [2.24, 2.45) is 10.4 Å². The molecule has 3 heterocycles. The number of rotatable bonds is 2. The zero-order chi connectivity index (χ0) is 18.1. The Morgan fingerprint density at radius 2 is 2.32 bits per heavy atom. The highest BCUT2D eigenvalue weighted by Gasteiger charge is 2.42. The molecule has 1 atom stereocenters. The molecule has 1 unspecified atom stereocenters. The third-order valence-electron chi connectivity index (χ3n) is 5.06. The number of hydrogen-bond donors (Lipinski definition) is 2. The van der Waals surface area contributed by atoms with Crippen molar-refractivity contribution in [1.29, 1.82) is 0 Å². The lowest BCUT2D eigenvalue weighted by Crippen LogP contribution is -2.51. The molecule has 2 fully saturated rings. The molecule has 0 bridgehead atoms.